The summed E-state index contributed by atoms with van der Waals surface area (Å²) in [5.74, 6) is -0.102. The van der Waals surface area contributed by atoms with E-state index in [4.69, 9.17) is 0 Å². The van der Waals surface area contributed by atoms with Crippen molar-refractivity contribution in [1.29, 1.82) is 0 Å². The molecular weight excluding hydrogens is 324 g/mol. The van der Waals surface area contributed by atoms with Crippen LogP contribution in [0.3, 0.4) is 0 Å². The van der Waals surface area contributed by atoms with Gasteiger partial charge in [0.2, 0.25) is 5.01 Å². The molecule has 1 amide bonds. The van der Waals surface area contributed by atoms with Gasteiger partial charge in [-0.15, -0.1) is 10.2 Å². The quantitative estimate of drug-likeness (QED) is 0.788. The molecule has 0 saturated carbocycles. The van der Waals surface area contributed by atoms with Crippen molar-refractivity contribution in [2.45, 2.75) is 25.8 Å². The highest BCUT2D eigenvalue weighted by atomic mass is 32.1. The Morgan fingerprint density at radius 3 is 3.12 bits per heavy atom. The third kappa shape index (κ3) is 2.48. The van der Waals surface area contributed by atoms with Crippen molar-refractivity contribution < 1.29 is 4.79 Å². The molecular formula is C16H16N6OS. The molecule has 122 valence electrons. The number of hydrogen-bond acceptors (Lipinski definition) is 6. The molecule has 3 aromatic rings. The third-order valence-corrected chi connectivity index (χ3v) is 5.19. The fraction of sp³-hybridized carbons (Fsp3) is 0.312. The van der Waals surface area contributed by atoms with Crippen LogP contribution in [0.15, 0.2) is 30.9 Å². The van der Waals surface area contributed by atoms with E-state index >= 15 is 0 Å². The maximum Gasteiger partial charge on any atom is 0.285 e. The molecule has 0 saturated heterocycles. The first-order chi connectivity index (χ1) is 11.8. The number of aromatic nitrogens is 5. The second-order valence-corrected chi connectivity index (χ2v) is 6.62. The van der Waals surface area contributed by atoms with E-state index in [2.05, 4.69) is 25.1 Å². The summed E-state index contributed by atoms with van der Waals surface area (Å²) in [4.78, 5) is 26.7. The minimum absolute atomic E-state index is 0.102. The molecule has 3 aromatic heterocycles. The second-order valence-electron chi connectivity index (χ2n) is 5.56. The smallest absolute Gasteiger partial charge is 0.285 e. The minimum Gasteiger partial charge on any atom is -0.348 e. The van der Waals surface area contributed by atoms with Gasteiger partial charge in [0.15, 0.2) is 0 Å². The van der Waals surface area contributed by atoms with Crippen LogP contribution in [-0.2, 0) is 12.8 Å². The van der Waals surface area contributed by atoms with Gasteiger partial charge in [-0.3, -0.25) is 9.78 Å². The van der Waals surface area contributed by atoms with Crippen LogP contribution in [0.1, 0.15) is 44.7 Å². The molecule has 8 heteroatoms. The Labute approximate surface area is 142 Å². The molecule has 0 aliphatic carbocycles. The number of pyridine rings is 1. The molecule has 1 unspecified atom stereocenters. The highest BCUT2D eigenvalue weighted by Gasteiger charge is 2.35. The molecule has 4 rings (SSSR count). The zero-order valence-corrected chi connectivity index (χ0v) is 14.0. The lowest BCUT2D eigenvalue weighted by molar-refractivity contribution is 0.0689. The first kappa shape index (κ1) is 14.9. The maximum absolute atomic E-state index is 13.0. The maximum atomic E-state index is 13.0. The highest BCUT2D eigenvalue weighted by Crippen LogP contribution is 2.34. The summed E-state index contributed by atoms with van der Waals surface area (Å²) in [6.45, 7) is 2.61. The van der Waals surface area contributed by atoms with Crippen LogP contribution in [0.2, 0.25) is 0 Å². The van der Waals surface area contributed by atoms with E-state index < -0.39 is 0 Å². The van der Waals surface area contributed by atoms with Gasteiger partial charge in [-0.1, -0.05) is 24.3 Å². The van der Waals surface area contributed by atoms with E-state index in [9.17, 15) is 4.79 Å². The highest BCUT2D eigenvalue weighted by molar-refractivity contribution is 7.13. The Bertz CT molecular complexity index is 858. The van der Waals surface area contributed by atoms with Crippen molar-refractivity contribution in [3.8, 4) is 0 Å². The number of nitrogens with one attached hydrogen (secondary N) is 1. The van der Waals surface area contributed by atoms with Crippen LogP contribution in [-0.4, -0.2) is 42.5 Å². The Morgan fingerprint density at radius 2 is 2.38 bits per heavy atom. The summed E-state index contributed by atoms with van der Waals surface area (Å²) >= 11 is 1.36. The SMILES string of the molecule is CCc1nnc(C(=O)N2CCc3[nH]cnc3C2c2cccnc2)s1. The number of amides is 1. The summed E-state index contributed by atoms with van der Waals surface area (Å²) < 4.78 is 0. The molecule has 1 N–H and O–H groups in total. The van der Waals surface area contributed by atoms with Gasteiger partial charge in [-0.05, 0) is 18.1 Å². The standard InChI is InChI=1S/C16H16N6OS/c1-2-12-20-21-15(24-12)16(23)22-7-5-11-13(19-9-18-11)14(22)10-4-3-6-17-8-10/h3-4,6,8-9,14H,2,5,7H2,1H3,(H,18,19). The van der Waals surface area contributed by atoms with Crippen molar-refractivity contribution in [2.24, 2.45) is 0 Å². The number of rotatable bonds is 3. The van der Waals surface area contributed by atoms with Crippen molar-refractivity contribution in [3.63, 3.8) is 0 Å². The third-order valence-electron chi connectivity index (χ3n) is 4.14. The van der Waals surface area contributed by atoms with Crippen molar-refractivity contribution in [2.75, 3.05) is 6.54 Å². The summed E-state index contributed by atoms with van der Waals surface area (Å²) in [7, 11) is 0. The number of carbonyl (C=O) groups is 1. The number of imidazole rings is 1. The van der Waals surface area contributed by atoms with Crippen LogP contribution >= 0.6 is 11.3 Å². The topological polar surface area (TPSA) is 87.7 Å². The lowest BCUT2D eigenvalue weighted by Gasteiger charge is -2.34. The fourth-order valence-electron chi connectivity index (χ4n) is 2.98. The Balaban J connectivity index is 1.75. The van der Waals surface area contributed by atoms with Crippen molar-refractivity contribution in [3.05, 3.63) is 57.8 Å². The van der Waals surface area contributed by atoms with Crippen LogP contribution in [0.4, 0.5) is 0 Å². The van der Waals surface area contributed by atoms with Crippen LogP contribution in [0, 0.1) is 0 Å². The number of aromatic amines is 1. The molecule has 0 fully saturated rings. The minimum atomic E-state index is -0.254. The first-order valence-electron chi connectivity index (χ1n) is 7.83. The normalized spacial score (nSPS) is 16.9. The number of nitrogens with zero attached hydrogens (tertiary/aromatic N) is 5. The monoisotopic (exact) mass is 340 g/mol. The van der Waals surface area contributed by atoms with Gasteiger partial charge in [-0.2, -0.15) is 0 Å². The Hall–Kier alpha value is -2.61. The van der Waals surface area contributed by atoms with E-state index in [-0.39, 0.29) is 11.9 Å². The number of H-pyrrole nitrogens is 1. The Kier molecular flexibility index (Phi) is 3.81. The number of aryl methyl sites for hydroxylation is 1. The lowest BCUT2D eigenvalue weighted by Crippen LogP contribution is -2.40. The number of hydrogen-bond donors (Lipinski definition) is 1. The predicted molar refractivity (Wildman–Crippen MR) is 88.7 cm³/mol. The van der Waals surface area contributed by atoms with E-state index in [0.717, 1.165) is 34.8 Å². The molecule has 1 aliphatic rings. The van der Waals surface area contributed by atoms with Crippen LogP contribution in [0.25, 0.3) is 0 Å². The average molecular weight is 340 g/mol. The van der Waals surface area contributed by atoms with Crippen LogP contribution in [0.5, 0.6) is 0 Å². The van der Waals surface area contributed by atoms with Crippen LogP contribution < -0.4 is 0 Å². The zero-order valence-electron chi connectivity index (χ0n) is 13.1. The molecule has 0 radical (unpaired) electrons. The van der Waals surface area contributed by atoms with Crippen molar-refractivity contribution >= 4 is 17.2 Å². The zero-order chi connectivity index (χ0) is 16.5. The van der Waals surface area contributed by atoms with E-state index in [1.165, 1.54) is 11.3 Å². The van der Waals surface area contributed by atoms with Gasteiger partial charge < -0.3 is 9.88 Å². The van der Waals surface area contributed by atoms with Gasteiger partial charge >= 0.3 is 0 Å². The summed E-state index contributed by atoms with van der Waals surface area (Å²) in [5.41, 5.74) is 2.89. The average Bonchev–Trinajstić information content (AvgIpc) is 3.30. The molecule has 24 heavy (non-hydrogen) atoms. The predicted octanol–water partition coefficient (Wildman–Crippen LogP) is 2.01. The molecule has 4 heterocycles. The lowest BCUT2D eigenvalue weighted by atomic mass is 9.97. The first-order valence-corrected chi connectivity index (χ1v) is 8.65. The van der Waals surface area contributed by atoms with Crippen molar-refractivity contribution in [1.82, 2.24) is 30.0 Å². The Morgan fingerprint density at radius 1 is 1.46 bits per heavy atom. The van der Waals surface area contributed by atoms with Gasteiger partial charge in [0.25, 0.3) is 5.91 Å². The molecule has 0 spiro atoms. The summed E-state index contributed by atoms with van der Waals surface area (Å²) in [5, 5.41) is 9.44. The molecule has 0 bridgehead atoms. The molecule has 7 nitrogen and oxygen atoms in total. The molecule has 0 aromatic carbocycles. The molecule has 1 atom stereocenters. The van der Waals surface area contributed by atoms with E-state index in [1.807, 2.05) is 24.0 Å². The van der Waals surface area contributed by atoms with Gasteiger partial charge in [-0.25, -0.2) is 4.98 Å². The number of carbonyl (C=O) groups excluding carboxylic acids is 1. The fourth-order valence-corrected chi connectivity index (χ4v) is 3.71. The summed E-state index contributed by atoms with van der Waals surface area (Å²) in [6, 6.07) is 3.59. The van der Waals surface area contributed by atoms with E-state index in [0.29, 0.717) is 11.6 Å². The second kappa shape index (κ2) is 6.12. The summed E-state index contributed by atoms with van der Waals surface area (Å²) in [6.07, 6.45) is 6.72. The van der Waals surface area contributed by atoms with Gasteiger partial charge in [0.1, 0.15) is 11.0 Å². The largest absolute Gasteiger partial charge is 0.348 e. The van der Waals surface area contributed by atoms with Gasteiger partial charge in [0, 0.05) is 31.1 Å². The van der Waals surface area contributed by atoms with E-state index in [1.54, 1.807) is 18.7 Å². The molecule has 1 aliphatic heterocycles. The van der Waals surface area contributed by atoms with Gasteiger partial charge in [0.05, 0.1) is 12.0 Å². The number of fused-ring (bicyclic) bond motifs is 1.